The molecule has 0 aliphatic heterocycles. The number of carbonyl (C=O) groups is 3. The van der Waals surface area contributed by atoms with Crippen LogP contribution in [0, 0.1) is 12.3 Å². The summed E-state index contributed by atoms with van der Waals surface area (Å²) in [7, 11) is 0. The summed E-state index contributed by atoms with van der Waals surface area (Å²) in [5.74, 6) is 2.08. The highest BCUT2D eigenvalue weighted by Crippen LogP contribution is 2.33. The number of hydrogen-bond donors (Lipinski definition) is 4. The lowest BCUT2D eigenvalue weighted by atomic mass is 9.87. The van der Waals surface area contributed by atoms with Crippen LogP contribution in [0.4, 0.5) is 9.59 Å². The first kappa shape index (κ1) is 25.1. The van der Waals surface area contributed by atoms with Crippen LogP contribution in [0.1, 0.15) is 30.5 Å². The van der Waals surface area contributed by atoms with Crippen LogP contribution in [0.25, 0.3) is 10.8 Å². The van der Waals surface area contributed by atoms with E-state index in [2.05, 4.69) is 32.2 Å². The summed E-state index contributed by atoms with van der Waals surface area (Å²) in [6, 6.07) is 14.0. The van der Waals surface area contributed by atoms with Gasteiger partial charge in [-0.05, 0) is 30.0 Å². The predicted octanol–water partition coefficient (Wildman–Crippen LogP) is 2.75. The van der Waals surface area contributed by atoms with Crippen LogP contribution in [0.5, 0.6) is 0 Å². The topological polar surface area (TPSA) is 121 Å². The lowest BCUT2D eigenvalue weighted by Gasteiger charge is -2.37. The number of benzene rings is 2. The fourth-order valence-corrected chi connectivity index (χ4v) is 3.72. The number of fused-ring (bicyclic) bond motifs is 1. The normalized spacial score (nSPS) is 12.0. The van der Waals surface area contributed by atoms with E-state index in [4.69, 9.17) is 11.2 Å². The number of carbonyl (C=O) groups excluding carboxylic acids is 3. The van der Waals surface area contributed by atoms with Crippen LogP contribution in [0.15, 0.2) is 60.9 Å². The molecule has 35 heavy (non-hydrogen) atoms. The average Bonchev–Trinajstić information content (AvgIpc) is 2.85. The number of pyridine rings is 1. The number of ether oxygens (including phenoxy) is 1. The van der Waals surface area contributed by atoms with E-state index in [1.807, 2.05) is 24.3 Å². The van der Waals surface area contributed by atoms with Gasteiger partial charge in [0.05, 0.1) is 0 Å². The van der Waals surface area contributed by atoms with Gasteiger partial charge < -0.3 is 20.7 Å². The Labute approximate surface area is 203 Å². The maximum absolute atomic E-state index is 12.9. The molecule has 1 heterocycles. The third kappa shape index (κ3) is 6.06. The smallest absolute Gasteiger partial charge is 0.410 e. The summed E-state index contributed by atoms with van der Waals surface area (Å²) in [6.07, 6.45) is 7.75. The highest BCUT2D eigenvalue weighted by molar-refractivity contribution is 5.88. The quantitative estimate of drug-likeness (QED) is 0.296. The zero-order valence-corrected chi connectivity index (χ0v) is 19.6. The molecule has 0 aliphatic carbocycles. The van der Waals surface area contributed by atoms with Gasteiger partial charge in [-0.1, -0.05) is 42.3 Å². The molecule has 0 saturated carbocycles. The first-order chi connectivity index (χ1) is 16.9. The fraction of sp³-hybridized carbons (Fsp3) is 0.231. The van der Waals surface area contributed by atoms with Gasteiger partial charge in [-0.25, -0.2) is 9.59 Å². The molecule has 9 heteroatoms. The lowest BCUT2D eigenvalue weighted by Crippen LogP contribution is -2.60. The summed E-state index contributed by atoms with van der Waals surface area (Å²) in [6.45, 7) is 3.59. The second-order valence-corrected chi connectivity index (χ2v) is 7.65. The summed E-state index contributed by atoms with van der Waals surface area (Å²) >= 11 is 0. The summed E-state index contributed by atoms with van der Waals surface area (Å²) in [5, 5.41) is 12.8. The second-order valence-electron chi connectivity index (χ2n) is 7.65. The number of rotatable bonds is 8. The van der Waals surface area contributed by atoms with E-state index in [0.717, 1.165) is 10.9 Å². The van der Waals surface area contributed by atoms with Gasteiger partial charge in [0, 0.05) is 48.9 Å². The molecule has 0 spiro atoms. The third-order valence-corrected chi connectivity index (χ3v) is 5.20. The number of alkyl carbamates (subject to hydrolysis) is 1. The van der Waals surface area contributed by atoms with Gasteiger partial charge >= 0.3 is 12.1 Å². The van der Waals surface area contributed by atoms with Gasteiger partial charge in [-0.15, -0.1) is 6.42 Å². The van der Waals surface area contributed by atoms with Gasteiger partial charge in [0.2, 0.25) is 5.91 Å². The largest absolute Gasteiger partial charge is 0.436 e. The van der Waals surface area contributed by atoms with Crippen molar-refractivity contribution in [2.45, 2.75) is 26.1 Å². The van der Waals surface area contributed by atoms with Crippen molar-refractivity contribution in [3.63, 3.8) is 0 Å². The SMILES string of the molecule is C#CCOC(=O)NC(NC(=O)NCC)(c1cccc(CNC(C)=O)c1)c1cccc2ccncc12. The van der Waals surface area contributed by atoms with E-state index in [1.165, 1.54) is 6.92 Å². The minimum atomic E-state index is -1.57. The fourth-order valence-electron chi connectivity index (χ4n) is 3.72. The highest BCUT2D eigenvalue weighted by Gasteiger charge is 2.40. The van der Waals surface area contributed by atoms with Crippen molar-refractivity contribution in [3.05, 3.63) is 77.6 Å². The van der Waals surface area contributed by atoms with Crippen LogP contribution in [0.3, 0.4) is 0 Å². The molecule has 4 N–H and O–H groups in total. The molecule has 0 fully saturated rings. The molecule has 0 bridgehead atoms. The van der Waals surface area contributed by atoms with E-state index in [-0.39, 0.29) is 19.1 Å². The van der Waals surface area contributed by atoms with Crippen LogP contribution in [-0.2, 0) is 21.7 Å². The molecule has 3 aromatic rings. The zero-order chi connectivity index (χ0) is 25.3. The summed E-state index contributed by atoms with van der Waals surface area (Å²) in [5.41, 5.74) is 0.279. The van der Waals surface area contributed by atoms with Crippen molar-refractivity contribution in [1.82, 2.24) is 26.3 Å². The van der Waals surface area contributed by atoms with Crippen LogP contribution >= 0.6 is 0 Å². The molecule has 1 atom stereocenters. The lowest BCUT2D eigenvalue weighted by molar-refractivity contribution is -0.119. The highest BCUT2D eigenvalue weighted by atomic mass is 16.5. The van der Waals surface area contributed by atoms with Crippen LogP contribution in [0.2, 0.25) is 0 Å². The Morgan fingerprint density at radius 1 is 1.09 bits per heavy atom. The third-order valence-electron chi connectivity index (χ3n) is 5.20. The number of nitrogens with one attached hydrogen (secondary N) is 4. The molecule has 3 rings (SSSR count). The molecule has 0 radical (unpaired) electrons. The van der Waals surface area contributed by atoms with Crippen LogP contribution < -0.4 is 21.3 Å². The van der Waals surface area contributed by atoms with Crippen molar-refractivity contribution in [2.75, 3.05) is 13.2 Å². The molecule has 180 valence electrons. The summed E-state index contributed by atoms with van der Waals surface area (Å²) < 4.78 is 5.12. The Hall–Kier alpha value is -4.58. The number of urea groups is 1. The molecule has 0 saturated heterocycles. The van der Waals surface area contributed by atoms with E-state index in [1.54, 1.807) is 43.6 Å². The minimum Gasteiger partial charge on any atom is -0.436 e. The van der Waals surface area contributed by atoms with Gasteiger partial charge in [0.1, 0.15) is 0 Å². The molecule has 0 aliphatic rings. The van der Waals surface area contributed by atoms with E-state index < -0.39 is 17.8 Å². The molecule has 2 aromatic carbocycles. The number of hydrogen-bond acceptors (Lipinski definition) is 5. The maximum Gasteiger partial charge on any atom is 0.410 e. The van der Waals surface area contributed by atoms with Crippen molar-refractivity contribution >= 4 is 28.8 Å². The van der Waals surface area contributed by atoms with Crippen LogP contribution in [-0.4, -0.2) is 36.2 Å². The number of terminal acetylenes is 1. The average molecular weight is 474 g/mol. The van der Waals surface area contributed by atoms with E-state index in [0.29, 0.717) is 23.1 Å². The molecule has 9 nitrogen and oxygen atoms in total. The molecule has 1 aromatic heterocycles. The monoisotopic (exact) mass is 473 g/mol. The number of amides is 4. The van der Waals surface area contributed by atoms with Crippen molar-refractivity contribution in [3.8, 4) is 12.3 Å². The van der Waals surface area contributed by atoms with E-state index >= 15 is 0 Å². The van der Waals surface area contributed by atoms with Gasteiger partial charge in [0.15, 0.2) is 12.3 Å². The Morgan fingerprint density at radius 3 is 2.63 bits per heavy atom. The van der Waals surface area contributed by atoms with Gasteiger partial charge in [-0.3, -0.25) is 15.1 Å². The molecule has 1 unspecified atom stereocenters. The molecular weight excluding hydrogens is 446 g/mol. The molecular formula is C26H27N5O4. The predicted molar refractivity (Wildman–Crippen MR) is 132 cm³/mol. The summed E-state index contributed by atoms with van der Waals surface area (Å²) in [4.78, 5) is 41.5. The Bertz CT molecular complexity index is 1260. The first-order valence-electron chi connectivity index (χ1n) is 11.0. The Kier molecular flexibility index (Phi) is 8.24. The Balaban J connectivity index is 2.26. The van der Waals surface area contributed by atoms with Gasteiger partial charge in [0.25, 0.3) is 0 Å². The molecule has 4 amide bonds. The minimum absolute atomic E-state index is 0.182. The standard InChI is InChI=1S/C26H27N5O4/c1-4-14-35-25(34)31-26(30-24(33)28-5-2,21-10-6-8-19(15-21)16-29-18(3)32)23-11-7-9-20-12-13-27-17-22(20)23/h1,6-13,15,17H,5,14,16H2,2-3H3,(H,29,32)(H,31,34)(H2,28,30,33). The Morgan fingerprint density at radius 2 is 1.89 bits per heavy atom. The van der Waals surface area contributed by atoms with Crippen molar-refractivity contribution in [1.29, 1.82) is 0 Å². The maximum atomic E-state index is 12.9. The zero-order valence-electron chi connectivity index (χ0n) is 19.6. The number of aromatic nitrogens is 1. The first-order valence-corrected chi connectivity index (χ1v) is 11.0. The second kappa shape index (κ2) is 11.5. The van der Waals surface area contributed by atoms with Crippen molar-refractivity contribution in [2.24, 2.45) is 0 Å². The number of nitrogens with zero attached hydrogens (tertiary/aromatic N) is 1. The van der Waals surface area contributed by atoms with Crippen molar-refractivity contribution < 1.29 is 19.1 Å². The van der Waals surface area contributed by atoms with E-state index in [9.17, 15) is 14.4 Å². The van der Waals surface area contributed by atoms with Gasteiger partial charge in [-0.2, -0.15) is 0 Å².